The molecule has 0 radical (unpaired) electrons. The third-order valence-electron chi connectivity index (χ3n) is 2.27. The molecule has 0 unspecified atom stereocenters. The maximum absolute atomic E-state index is 12.0. The van der Waals surface area contributed by atoms with E-state index in [9.17, 15) is 13.6 Å². The Morgan fingerprint density at radius 3 is 2.80 bits per heavy atom. The summed E-state index contributed by atoms with van der Waals surface area (Å²) < 4.78 is 23.9. The molecule has 2 rings (SSSR count). The maximum atomic E-state index is 12.0. The highest BCUT2D eigenvalue weighted by molar-refractivity contribution is 7.15. The van der Waals surface area contributed by atoms with Gasteiger partial charge in [-0.25, -0.2) is 4.98 Å². The molecule has 15 heavy (non-hydrogen) atoms. The Labute approximate surface area is 89.5 Å². The van der Waals surface area contributed by atoms with Crippen LogP contribution in [0.3, 0.4) is 0 Å². The molecule has 1 amide bonds. The first kappa shape index (κ1) is 10.5. The fourth-order valence-corrected chi connectivity index (χ4v) is 2.62. The first-order valence-electron chi connectivity index (χ1n) is 4.74. The van der Waals surface area contributed by atoms with Gasteiger partial charge in [-0.2, -0.15) is 8.78 Å². The molecule has 0 aliphatic heterocycles. The van der Waals surface area contributed by atoms with Gasteiger partial charge in [0.25, 0.3) is 5.91 Å². The van der Waals surface area contributed by atoms with E-state index >= 15 is 0 Å². The number of fused-ring (bicyclic) bond motifs is 1. The fourth-order valence-electron chi connectivity index (χ4n) is 1.57. The van der Waals surface area contributed by atoms with Crippen molar-refractivity contribution in [2.45, 2.75) is 32.1 Å². The maximum Gasteiger partial charge on any atom is 0.315 e. The first-order valence-corrected chi connectivity index (χ1v) is 5.56. The number of aryl methyl sites for hydroxylation is 2. The van der Waals surface area contributed by atoms with Gasteiger partial charge in [0.05, 0.1) is 5.69 Å². The lowest BCUT2D eigenvalue weighted by Crippen LogP contribution is -2.19. The van der Waals surface area contributed by atoms with Crippen LogP contribution in [0.1, 0.15) is 23.4 Å². The SMILES string of the molecule is O=C(Nc1nc2c(s1)CCCC2)C(F)F. The molecule has 1 N–H and O–H groups in total. The zero-order valence-corrected chi connectivity index (χ0v) is 8.74. The topological polar surface area (TPSA) is 42.0 Å². The minimum absolute atomic E-state index is 0.298. The third-order valence-corrected chi connectivity index (χ3v) is 3.35. The summed E-state index contributed by atoms with van der Waals surface area (Å²) in [6.07, 6.45) is 1.04. The van der Waals surface area contributed by atoms with Crippen molar-refractivity contribution in [3.63, 3.8) is 0 Å². The molecule has 6 heteroatoms. The molecule has 0 saturated carbocycles. The van der Waals surface area contributed by atoms with Crippen LogP contribution in [-0.4, -0.2) is 17.3 Å². The summed E-state index contributed by atoms with van der Waals surface area (Å²) in [4.78, 5) is 16.0. The summed E-state index contributed by atoms with van der Waals surface area (Å²) in [7, 11) is 0. The van der Waals surface area contributed by atoms with Crippen molar-refractivity contribution in [1.82, 2.24) is 4.98 Å². The van der Waals surface area contributed by atoms with Crippen molar-refractivity contribution < 1.29 is 13.6 Å². The summed E-state index contributed by atoms with van der Waals surface area (Å²) in [6.45, 7) is 0. The number of amides is 1. The largest absolute Gasteiger partial charge is 0.315 e. The zero-order valence-electron chi connectivity index (χ0n) is 7.93. The van der Waals surface area contributed by atoms with Gasteiger partial charge in [0.1, 0.15) is 0 Å². The number of nitrogens with one attached hydrogen (secondary N) is 1. The van der Waals surface area contributed by atoms with Gasteiger partial charge in [0, 0.05) is 4.88 Å². The van der Waals surface area contributed by atoms with E-state index in [0.717, 1.165) is 36.3 Å². The highest BCUT2D eigenvalue weighted by atomic mass is 32.1. The van der Waals surface area contributed by atoms with Gasteiger partial charge in [-0.05, 0) is 25.7 Å². The summed E-state index contributed by atoms with van der Waals surface area (Å²) in [5.74, 6) is -1.28. The number of thiazole rings is 1. The van der Waals surface area contributed by atoms with E-state index in [1.165, 1.54) is 11.3 Å². The highest BCUT2D eigenvalue weighted by Gasteiger charge is 2.19. The van der Waals surface area contributed by atoms with Gasteiger partial charge in [-0.1, -0.05) is 0 Å². The van der Waals surface area contributed by atoms with E-state index in [2.05, 4.69) is 10.3 Å². The number of hydrogen-bond donors (Lipinski definition) is 1. The molecular formula is C9H10F2N2OS. The van der Waals surface area contributed by atoms with Crippen LogP contribution in [-0.2, 0) is 17.6 Å². The minimum atomic E-state index is -2.98. The number of hydrogen-bond acceptors (Lipinski definition) is 3. The van der Waals surface area contributed by atoms with Crippen molar-refractivity contribution >= 4 is 22.4 Å². The van der Waals surface area contributed by atoms with Crippen LogP contribution in [0.15, 0.2) is 0 Å². The minimum Gasteiger partial charge on any atom is -0.297 e. The van der Waals surface area contributed by atoms with Crippen LogP contribution in [0.5, 0.6) is 0 Å². The number of aromatic nitrogens is 1. The molecule has 1 aromatic heterocycles. The van der Waals surface area contributed by atoms with Crippen molar-refractivity contribution in [3.8, 4) is 0 Å². The average Bonchev–Trinajstić information content (AvgIpc) is 2.59. The fraction of sp³-hybridized carbons (Fsp3) is 0.556. The molecule has 0 fully saturated rings. The van der Waals surface area contributed by atoms with E-state index in [-0.39, 0.29) is 0 Å². The van der Waals surface area contributed by atoms with Crippen LogP contribution < -0.4 is 5.32 Å². The predicted octanol–water partition coefficient (Wildman–Crippen LogP) is 2.23. The molecule has 82 valence electrons. The molecule has 0 bridgehead atoms. The van der Waals surface area contributed by atoms with Gasteiger partial charge in [-0.3, -0.25) is 10.1 Å². The second-order valence-corrected chi connectivity index (χ2v) is 4.47. The molecule has 3 nitrogen and oxygen atoms in total. The number of nitrogens with zero attached hydrogens (tertiary/aromatic N) is 1. The number of carbonyl (C=O) groups excluding carboxylic acids is 1. The lowest BCUT2D eigenvalue weighted by atomic mass is 10.0. The summed E-state index contributed by atoms with van der Waals surface area (Å²) in [5.41, 5.74) is 0.954. The zero-order chi connectivity index (χ0) is 10.8. The summed E-state index contributed by atoms with van der Waals surface area (Å²) >= 11 is 1.30. The normalized spacial score (nSPS) is 15.1. The molecule has 1 aromatic rings. The molecule has 0 aromatic carbocycles. The Kier molecular flexibility index (Phi) is 2.95. The molecular weight excluding hydrogens is 222 g/mol. The average molecular weight is 232 g/mol. The second-order valence-electron chi connectivity index (χ2n) is 3.39. The number of carbonyl (C=O) groups is 1. The predicted molar refractivity (Wildman–Crippen MR) is 53.4 cm³/mol. The number of alkyl halides is 2. The molecule has 0 saturated heterocycles. The molecule has 0 spiro atoms. The van der Waals surface area contributed by atoms with Gasteiger partial charge in [0.15, 0.2) is 5.13 Å². The van der Waals surface area contributed by atoms with E-state index in [0.29, 0.717) is 5.13 Å². The quantitative estimate of drug-likeness (QED) is 0.849. The molecule has 0 atom stereocenters. The molecule has 1 aliphatic carbocycles. The Morgan fingerprint density at radius 2 is 2.13 bits per heavy atom. The van der Waals surface area contributed by atoms with E-state index in [4.69, 9.17) is 0 Å². The van der Waals surface area contributed by atoms with Gasteiger partial charge in [-0.15, -0.1) is 11.3 Å². The van der Waals surface area contributed by atoms with Crippen molar-refractivity contribution in [1.29, 1.82) is 0 Å². The van der Waals surface area contributed by atoms with E-state index in [1.54, 1.807) is 0 Å². The Balaban J connectivity index is 2.09. The number of halogens is 2. The molecule has 1 aliphatic rings. The lowest BCUT2D eigenvalue weighted by Gasteiger charge is -2.06. The van der Waals surface area contributed by atoms with Gasteiger partial charge in [0.2, 0.25) is 0 Å². The van der Waals surface area contributed by atoms with Crippen molar-refractivity contribution in [3.05, 3.63) is 10.6 Å². The number of rotatable bonds is 2. The summed E-state index contributed by atoms with van der Waals surface area (Å²) in [6, 6.07) is 0. The smallest absolute Gasteiger partial charge is 0.297 e. The lowest BCUT2D eigenvalue weighted by molar-refractivity contribution is -0.126. The monoisotopic (exact) mass is 232 g/mol. The number of anilines is 1. The van der Waals surface area contributed by atoms with E-state index < -0.39 is 12.3 Å². The van der Waals surface area contributed by atoms with Crippen LogP contribution in [0, 0.1) is 0 Å². The Morgan fingerprint density at radius 1 is 1.40 bits per heavy atom. The second kappa shape index (κ2) is 4.22. The third kappa shape index (κ3) is 2.31. The summed E-state index contributed by atoms with van der Waals surface area (Å²) in [5, 5.41) is 2.42. The van der Waals surface area contributed by atoms with E-state index in [1.807, 2.05) is 0 Å². The Hall–Kier alpha value is -1.04. The highest BCUT2D eigenvalue weighted by Crippen LogP contribution is 2.29. The molecule has 1 heterocycles. The van der Waals surface area contributed by atoms with Gasteiger partial charge < -0.3 is 0 Å². The van der Waals surface area contributed by atoms with Crippen LogP contribution in [0.4, 0.5) is 13.9 Å². The van der Waals surface area contributed by atoms with Crippen molar-refractivity contribution in [2.75, 3.05) is 5.32 Å². The van der Waals surface area contributed by atoms with Crippen LogP contribution in [0.25, 0.3) is 0 Å². The van der Waals surface area contributed by atoms with Crippen LogP contribution >= 0.6 is 11.3 Å². The van der Waals surface area contributed by atoms with Gasteiger partial charge >= 0.3 is 6.43 Å². The standard InChI is InChI=1S/C9H10F2N2OS/c10-7(11)8(14)13-9-12-5-3-1-2-4-6(5)15-9/h7H,1-4H2,(H,12,13,14). The van der Waals surface area contributed by atoms with Crippen LogP contribution in [0.2, 0.25) is 0 Å². The Bertz CT molecular complexity index is 355. The van der Waals surface area contributed by atoms with Crippen molar-refractivity contribution in [2.24, 2.45) is 0 Å². The first-order chi connectivity index (χ1) is 7.16.